The molecular weight excluding hydrogens is 328 g/mol. The zero-order valence-electron chi connectivity index (χ0n) is 13.3. The Morgan fingerprint density at radius 3 is 3.04 bits per heavy atom. The highest BCUT2D eigenvalue weighted by atomic mass is 35.5. The number of fused-ring (bicyclic) bond motifs is 3. The van der Waals surface area contributed by atoms with Gasteiger partial charge in [0.1, 0.15) is 5.75 Å². The first-order valence-electron chi connectivity index (χ1n) is 8.00. The summed E-state index contributed by atoms with van der Waals surface area (Å²) in [6, 6.07) is 10.3. The molecule has 3 nitrogen and oxygen atoms in total. The van der Waals surface area contributed by atoms with Gasteiger partial charge in [0.25, 0.3) is 0 Å². The molecule has 2 aromatic rings. The number of benzene rings is 1. The van der Waals surface area contributed by atoms with E-state index < -0.39 is 5.72 Å². The van der Waals surface area contributed by atoms with Gasteiger partial charge in [0.2, 0.25) is 0 Å². The van der Waals surface area contributed by atoms with Crippen molar-refractivity contribution >= 4 is 28.6 Å². The molecule has 2 unspecified atom stereocenters. The smallest absolute Gasteiger partial charge is 0.195 e. The summed E-state index contributed by atoms with van der Waals surface area (Å²) < 4.78 is 6.36. The maximum atomic E-state index is 6.36. The van der Waals surface area contributed by atoms with Crippen molar-refractivity contribution in [3.8, 4) is 5.75 Å². The number of hydrogen-bond donors (Lipinski definition) is 0. The predicted octanol–water partition coefficient (Wildman–Crippen LogP) is 5.46. The average Bonchev–Trinajstić information content (AvgIpc) is 3.17. The highest BCUT2D eigenvalue weighted by molar-refractivity contribution is 7.12. The fraction of sp³-hybridized carbons (Fsp3) is 0.389. The Labute approximate surface area is 145 Å². The number of ether oxygens (including phenoxy) is 1. The zero-order chi connectivity index (χ0) is 16.0. The molecule has 3 heterocycles. The van der Waals surface area contributed by atoms with E-state index in [-0.39, 0.29) is 6.04 Å². The van der Waals surface area contributed by atoms with Crippen LogP contribution < -0.4 is 4.74 Å². The summed E-state index contributed by atoms with van der Waals surface area (Å²) in [5, 5.41) is 9.95. The van der Waals surface area contributed by atoms with Gasteiger partial charge in [-0.25, -0.2) is 5.01 Å². The van der Waals surface area contributed by atoms with Crippen LogP contribution in [0.1, 0.15) is 49.6 Å². The molecule has 0 aliphatic carbocycles. The van der Waals surface area contributed by atoms with Crippen LogP contribution in [0, 0.1) is 0 Å². The van der Waals surface area contributed by atoms with Gasteiger partial charge >= 0.3 is 0 Å². The third-order valence-electron chi connectivity index (χ3n) is 4.58. The summed E-state index contributed by atoms with van der Waals surface area (Å²) in [6.07, 6.45) is 2.88. The van der Waals surface area contributed by atoms with Crippen LogP contribution in [-0.2, 0) is 0 Å². The summed E-state index contributed by atoms with van der Waals surface area (Å²) in [4.78, 5) is 1.24. The van der Waals surface area contributed by atoms with Gasteiger partial charge in [-0.2, -0.15) is 5.10 Å². The van der Waals surface area contributed by atoms with Gasteiger partial charge in [0.15, 0.2) is 5.72 Å². The predicted molar refractivity (Wildman–Crippen MR) is 95.4 cm³/mol. The van der Waals surface area contributed by atoms with E-state index in [1.165, 1.54) is 4.88 Å². The summed E-state index contributed by atoms with van der Waals surface area (Å²) in [5.74, 6) is 0.939. The van der Waals surface area contributed by atoms with Gasteiger partial charge in [0.05, 0.1) is 16.6 Å². The first kappa shape index (κ1) is 15.0. The van der Waals surface area contributed by atoms with Crippen molar-refractivity contribution in [2.24, 2.45) is 5.10 Å². The van der Waals surface area contributed by atoms with Crippen molar-refractivity contribution in [2.45, 2.75) is 44.9 Å². The van der Waals surface area contributed by atoms with Gasteiger partial charge in [0, 0.05) is 23.4 Å². The van der Waals surface area contributed by atoms with Crippen molar-refractivity contribution in [3.05, 3.63) is 51.2 Å². The molecule has 0 bridgehead atoms. The van der Waals surface area contributed by atoms with E-state index in [1.54, 1.807) is 11.3 Å². The molecule has 0 N–H and O–H groups in total. The van der Waals surface area contributed by atoms with Crippen LogP contribution in [0.15, 0.2) is 40.8 Å². The number of thiophene rings is 1. The number of hydrogen-bond acceptors (Lipinski definition) is 4. The minimum atomic E-state index is -0.404. The molecule has 0 amide bonds. The second-order valence-electron chi connectivity index (χ2n) is 6.30. The second kappa shape index (κ2) is 5.53. The quantitative estimate of drug-likeness (QED) is 0.737. The zero-order valence-corrected chi connectivity index (χ0v) is 14.8. The Hall–Kier alpha value is -1.52. The molecule has 1 aromatic heterocycles. The topological polar surface area (TPSA) is 24.8 Å². The molecule has 5 heteroatoms. The first-order chi connectivity index (χ1) is 11.1. The lowest BCUT2D eigenvalue weighted by molar-refractivity contribution is -0.111. The minimum absolute atomic E-state index is 0.200. The minimum Gasteiger partial charge on any atom is -0.466 e. The molecule has 2 atom stereocenters. The largest absolute Gasteiger partial charge is 0.466 e. The van der Waals surface area contributed by atoms with Crippen molar-refractivity contribution in [1.29, 1.82) is 0 Å². The molecule has 120 valence electrons. The van der Waals surface area contributed by atoms with E-state index in [0.717, 1.165) is 41.3 Å². The van der Waals surface area contributed by atoms with Crippen LogP contribution in [0.25, 0.3) is 0 Å². The fourth-order valence-corrected chi connectivity index (χ4v) is 4.47. The molecule has 0 spiro atoms. The molecule has 4 rings (SSSR count). The van der Waals surface area contributed by atoms with Crippen LogP contribution >= 0.6 is 22.9 Å². The number of hydrazone groups is 1. The third kappa shape index (κ3) is 2.45. The first-order valence-corrected chi connectivity index (χ1v) is 9.25. The Bertz CT molecular complexity index is 758. The molecule has 1 aromatic carbocycles. The van der Waals surface area contributed by atoms with E-state index in [1.807, 2.05) is 18.2 Å². The summed E-state index contributed by atoms with van der Waals surface area (Å²) >= 11 is 7.97. The molecule has 0 saturated carbocycles. The molecule has 0 radical (unpaired) electrons. The summed E-state index contributed by atoms with van der Waals surface area (Å²) in [5.41, 5.74) is 1.88. The SMILES string of the molecule is CCCC1(C)Oc2ccc(Cl)cc2C2CC(c3cccs3)=NN21. The highest BCUT2D eigenvalue weighted by Gasteiger charge is 2.47. The van der Waals surface area contributed by atoms with Gasteiger partial charge in [-0.15, -0.1) is 11.3 Å². The molecular formula is C18H19ClN2OS. The average molecular weight is 347 g/mol. The molecule has 0 fully saturated rings. The maximum absolute atomic E-state index is 6.36. The van der Waals surface area contributed by atoms with Crippen molar-refractivity contribution in [3.63, 3.8) is 0 Å². The Kier molecular flexibility index (Phi) is 3.62. The van der Waals surface area contributed by atoms with Crippen molar-refractivity contribution in [2.75, 3.05) is 0 Å². The second-order valence-corrected chi connectivity index (χ2v) is 7.68. The van der Waals surface area contributed by atoms with Crippen LogP contribution in [0.3, 0.4) is 0 Å². The monoisotopic (exact) mass is 346 g/mol. The van der Waals surface area contributed by atoms with E-state index in [9.17, 15) is 0 Å². The fourth-order valence-electron chi connectivity index (χ4n) is 3.57. The maximum Gasteiger partial charge on any atom is 0.195 e. The van der Waals surface area contributed by atoms with Crippen LogP contribution in [0.2, 0.25) is 5.02 Å². The molecule has 23 heavy (non-hydrogen) atoms. The summed E-state index contributed by atoms with van der Waals surface area (Å²) in [6.45, 7) is 4.32. The molecule has 2 aliphatic heterocycles. The molecule has 2 aliphatic rings. The highest BCUT2D eigenvalue weighted by Crippen LogP contribution is 2.48. The van der Waals surface area contributed by atoms with Gasteiger partial charge in [-0.3, -0.25) is 0 Å². The molecule has 0 saturated heterocycles. The lowest BCUT2D eigenvalue weighted by atomic mass is 9.95. The van der Waals surface area contributed by atoms with E-state index in [2.05, 4.69) is 36.4 Å². The summed E-state index contributed by atoms with van der Waals surface area (Å²) in [7, 11) is 0. The van der Waals surface area contributed by atoms with Crippen LogP contribution in [0.4, 0.5) is 0 Å². The van der Waals surface area contributed by atoms with Crippen LogP contribution in [-0.4, -0.2) is 16.4 Å². The Balaban J connectivity index is 1.80. The standard InChI is InChI=1S/C18H19ClN2OS/c1-3-8-18(2)21-15(11-14(20-21)17-5-4-9-23-17)13-10-12(19)6-7-16(13)22-18/h4-7,9-10,15H,3,8,11H2,1-2H3. The van der Waals surface area contributed by atoms with Crippen LogP contribution in [0.5, 0.6) is 5.75 Å². The lowest BCUT2D eigenvalue weighted by Crippen LogP contribution is -2.51. The van der Waals surface area contributed by atoms with Gasteiger partial charge < -0.3 is 4.74 Å². The normalized spacial score (nSPS) is 25.6. The van der Waals surface area contributed by atoms with E-state index in [4.69, 9.17) is 21.4 Å². The van der Waals surface area contributed by atoms with Gasteiger partial charge in [-0.1, -0.05) is 31.0 Å². The van der Waals surface area contributed by atoms with Gasteiger partial charge in [-0.05, 0) is 36.6 Å². The number of halogens is 1. The number of nitrogens with zero attached hydrogens (tertiary/aromatic N) is 2. The Morgan fingerprint density at radius 2 is 2.30 bits per heavy atom. The number of rotatable bonds is 3. The van der Waals surface area contributed by atoms with Crippen molar-refractivity contribution < 1.29 is 4.74 Å². The lowest BCUT2D eigenvalue weighted by Gasteiger charge is -2.45. The Morgan fingerprint density at radius 1 is 1.43 bits per heavy atom. The third-order valence-corrected chi connectivity index (χ3v) is 5.73. The van der Waals surface area contributed by atoms with E-state index in [0.29, 0.717) is 0 Å². The van der Waals surface area contributed by atoms with E-state index >= 15 is 0 Å². The van der Waals surface area contributed by atoms with Crippen molar-refractivity contribution in [1.82, 2.24) is 5.01 Å².